The highest BCUT2D eigenvalue weighted by atomic mass is 35.5. The number of nitrogens with zero attached hydrogens (tertiary/aromatic N) is 2. The largest absolute Gasteiger partial charge is 0.351 e. The standard InChI is InChI=1S/C27H37ClN4O5S/c1-17(2)31(14-12-24(33)29-27(4,5)6)25(34)18(3)32-13-11-23(26(32)35)30-38(36,37)22-10-8-19-15-21(28)9-7-20(19)16-22/h7-10,15-18,23,30H,11-14H2,1-6H3,(H,29,33)/t18-,23-/m0/s1. The van der Waals surface area contributed by atoms with Crippen molar-refractivity contribution in [2.45, 2.75) is 82.9 Å². The molecule has 11 heteroatoms. The molecule has 9 nitrogen and oxygen atoms in total. The minimum Gasteiger partial charge on any atom is -0.351 e. The lowest BCUT2D eigenvalue weighted by Crippen LogP contribution is -2.52. The second kappa shape index (κ2) is 11.6. The van der Waals surface area contributed by atoms with Crippen LogP contribution in [-0.4, -0.2) is 72.7 Å². The fraction of sp³-hybridized carbons (Fsp3) is 0.519. The molecular weight excluding hydrogens is 528 g/mol. The Morgan fingerprint density at radius 1 is 1.11 bits per heavy atom. The zero-order valence-electron chi connectivity index (χ0n) is 22.7. The molecule has 0 aromatic heterocycles. The summed E-state index contributed by atoms with van der Waals surface area (Å²) in [6.07, 6.45) is 0.386. The summed E-state index contributed by atoms with van der Waals surface area (Å²) < 4.78 is 28.7. The van der Waals surface area contributed by atoms with Gasteiger partial charge in [-0.2, -0.15) is 4.72 Å². The minimum atomic E-state index is -3.98. The number of rotatable bonds is 9. The molecule has 2 atom stereocenters. The van der Waals surface area contributed by atoms with Gasteiger partial charge in [0, 0.05) is 36.1 Å². The van der Waals surface area contributed by atoms with Crippen LogP contribution in [0.15, 0.2) is 41.3 Å². The monoisotopic (exact) mass is 564 g/mol. The summed E-state index contributed by atoms with van der Waals surface area (Å²) in [6, 6.07) is 7.89. The number of benzene rings is 2. The summed E-state index contributed by atoms with van der Waals surface area (Å²) in [6.45, 7) is 11.5. The second-order valence-electron chi connectivity index (χ2n) is 11.0. The van der Waals surface area contributed by atoms with Crippen molar-refractivity contribution in [1.29, 1.82) is 0 Å². The van der Waals surface area contributed by atoms with Crippen molar-refractivity contribution in [2.75, 3.05) is 13.1 Å². The minimum absolute atomic E-state index is 0.0437. The van der Waals surface area contributed by atoms with Crippen LogP contribution >= 0.6 is 11.6 Å². The zero-order valence-corrected chi connectivity index (χ0v) is 24.3. The molecule has 2 aromatic carbocycles. The molecule has 0 unspecified atom stereocenters. The molecule has 1 heterocycles. The highest BCUT2D eigenvalue weighted by molar-refractivity contribution is 7.89. The van der Waals surface area contributed by atoms with Crippen LogP contribution in [0.3, 0.4) is 0 Å². The molecule has 38 heavy (non-hydrogen) atoms. The molecule has 1 aliphatic heterocycles. The first kappa shape index (κ1) is 29.9. The van der Waals surface area contributed by atoms with Crippen molar-refractivity contribution in [3.8, 4) is 0 Å². The third-order valence-electron chi connectivity index (χ3n) is 6.45. The van der Waals surface area contributed by atoms with Gasteiger partial charge in [-0.3, -0.25) is 14.4 Å². The molecule has 1 saturated heterocycles. The highest BCUT2D eigenvalue weighted by Gasteiger charge is 2.40. The molecule has 0 bridgehead atoms. The van der Waals surface area contributed by atoms with E-state index in [1.807, 2.05) is 34.6 Å². The summed E-state index contributed by atoms with van der Waals surface area (Å²) in [5.41, 5.74) is -0.373. The second-order valence-corrected chi connectivity index (χ2v) is 13.1. The van der Waals surface area contributed by atoms with Crippen molar-refractivity contribution in [3.05, 3.63) is 41.4 Å². The lowest BCUT2D eigenvalue weighted by Gasteiger charge is -2.33. The quantitative estimate of drug-likeness (QED) is 0.485. The van der Waals surface area contributed by atoms with Crippen molar-refractivity contribution in [3.63, 3.8) is 0 Å². The average Bonchev–Trinajstić information content (AvgIpc) is 3.15. The van der Waals surface area contributed by atoms with Crippen molar-refractivity contribution in [2.24, 2.45) is 0 Å². The molecule has 3 amide bonds. The molecule has 3 rings (SSSR count). The number of carbonyl (C=O) groups excluding carboxylic acids is 3. The lowest BCUT2D eigenvalue weighted by atomic mass is 10.1. The third-order valence-corrected chi connectivity index (χ3v) is 8.15. The topological polar surface area (TPSA) is 116 Å². The van der Waals surface area contributed by atoms with E-state index in [4.69, 9.17) is 11.6 Å². The summed E-state index contributed by atoms with van der Waals surface area (Å²) in [5, 5.41) is 4.95. The van der Waals surface area contributed by atoms with Gasteiger partial charge >= 0.3 is 0 Å². The molecule has 208 valence electrons. The van der Waals surface area contributed by atoms with Gasteiger partial charge < -0.3 is 15.1 Å². The summed E-state index contributed by atoms with van der Waals surface area (Å²) in [4.78, 5) is 41.8. The number of hydrogen-bond acceptors (Lipinski definition) is 5. The van der Waals surface area contributed by atoms with Crippen LogP contribution in [0.1, 0.15) is 54.4 Å². The van der Waals surface area contributed by atoms with Crippen LogP contribution in [0, 0.1) is 0 Å². The SMILES string of the molecule is CC(C)N(CCC(=O)NC(C)(C)C)C(=O)[C@H](C)N1CC[C@H](NS(=O)(=O)c2ccc3cc(Cl)ccc3c2)C1=O. The molecule has 2 aromatic rings. The Bertz CT molecular complexity index is 1320. The van der Waals surface area contributed by atoms with Crippen molar-refractivity contribution >= 4 is 50.1 Å². The van der Waals surface area contributed by atoms with E-state index in [0.29, 0.717) is 10.4 Å². The van der Waals surface area contributed by atoms with Gasteiger partial charge in [0.05, 0.1) is 4.90 Å². The number of halogens is 1. The van der Waals surface area contributed by atoms with E-state index in [9.17, 15) is 22.8 Å². The van der Waals surface area contributed by atoms with E-state index in [2.05, 4.69) is 10.0 Å². The van der Waals surface area contributed by atoms with Crippen LogP contribution in [-0.2, 0) is 24.4 Å². The molecule has 0 radical (unpaired) electrons. The number of nitrogens with one attached hydrogen (secondary N) is 2. The Labute approximate surface area is 229 Å². The van der Waals surface area contributed by atoms with Crippen LogP contribution in [0.25, 0.3) is 10.8 Å². The number of amides is 3. The van der Waals surface area contributed by atoms with Crippen molar-refractivity contribution < 1.29 is 22.8 Å². The Morgan fingerprint density at radius 2 is 1.74 bits per heavy atom. The highest BCUT2D eigenvalue weighted by Crippen LogP contribution is 2.24. The van der Waals surface area contributed by atoms with Gasteiger partial charge in [-0.05, 0) is 83.0 Å². The Morgan fingerprint density at radius 3 is 2.37 bits per heavy atom. The Kier molecular flexibility index (Phi) is 9.11. The Hall–Kier alpha value is -2.69. The third kappa shape index (κ3) is 7.24. The van der Waals surface area contributed by atoms with E-state index in [-0.39, 0.29) is 54.2 Å². The van der Waals surface area contributed by atoms with E-state index in [0.717, 1.165) is 5.39 Å². The maximum absolute atomic E-state index is 13.3. The fourth-order valence-corrected chi connectivity index (χ4v) is 5.95. The van der Waals surface area contributed by atoms with E-state index >= 15 is 0 Å². The van der Waals surface area contributed by atoms with Crippen LogP contribution < -0.4 is 10.0 Å². The van der Waals surface area contributed by atoms with Gasteiger partial charge in [-0.25, -0.2) is 8.42 Å². The first-order valence-corrected chi connectivity index (χ1v) is 14.6. The van der Waals surface area contributed by atoms with Gasteiger partial charge in [-0.15, -0.1) is 0 Å². The normalized spacial score (nSPS) is 17.2. The predicted octanol–water partition coefficient (Wildman–Crippen LogP) is 3.30. The first-order valence-electron chi connectivity index (χ1n) is 12.7. The molecule has 1 aliphatic rings. The number of carbonyl (C=O) groups is 3. The summed E-state index contributed by atoms with van der Waals surface area (Å²) in [5.74, 6) is -0.892. The summed E-state index contributed by atoms with van der Waals surface area (Å²) in [7, 11) is -3.98. The zero-order chi connectivity index (χ0) is 28.4. The fourth-order valence-electron chi connectivity index (χ4n) is 4.51. The van der Waals surface area contributed by atoms with Crippen LogP contribution in [0.5, 0.6) is 0 Å². The lowest BCUT2D eigenvalue weighted by molar-refractivity contribution is -0.144. The number of sulfonamides is 1. The smallest absolute Gasteiger partial charge is 0.245 e. The van der Waals surface area contributed by atoms with Crippen LogP contribution in [0.4, 0.5) is 0 Å². The van der Waals surface area contributed by atoms with E-state index < -0.39 is 28.0 Å². The average molecular weight is 565 g/mol. The molecule has 0 saturated carbocycles. The van der Waals surface area contributed by atoms with Crippen LogP contribution in [0.2, 0.25) is 5.02 Å². The molecule has 1 fully saturated rings. The molecule has 2 N–H and O–H groups in total. The number of likely N-dealkylation sites (tertiary alicyclic amines) is 1. The molecule has 0 spiro atoms. The predicted molar refractivity (Wildman–Crippen MR) is 148 cm³/mol. The van der Waals surface area contributed by atoms with E-state index in [1.165, 1.54) is 17.0 Å². The maximum atomic E-state index is 13.3. The van der Waals surface area contributed by atoms with Gasteiger partial charge in [0.1, 0.15) is 12.1 Å². The van der Waals surface area contributed by atoms with Crippen molar-refractivity contribution in [1.82, 2.24) is 19.8 Å². The van der Waals surface area contributed by atoms with Gasteiger partial charge in [0.25, 0.3) is 0 Å². The van der Waals surface area contributed by atoms with Gasteiger partial charge in [-0.1, -0.05) is 23.7 Å². The molecular formula is C27H37ClN4O5S. The van der Waals surface area contributed by atoms with Gasteiger partial charge in [0.2, 0.25) is 27.7 Å². The number of hydrogen-bond donors (Lipinski definition) is 2. The first-order chi connectivity index (χ1) is 17.6. The van der Waals surface area contributed by atoms with Gasteiger partial charge in [0.15, 0.2) is 0 Å². The Balaban J connectivity index is 1.67. The molecule has 0 aliphatic carbocycles. The summed E-state index contributed by atoms with van der Waals surface area (Å²) >= 11 is 6.01. The maximum Gasteiger partial charge on any atom is 0.245 e. The number of fused-ring (bicyclic) bond motifs is 1. The van der Waals surface area contributed by atoms with E-state index in [1.54, 1.807) is 36.1 Å².